The minimum absolute atomic E-state index is 0. The van der Waals surface area contributed by atoms with E-state index >= 15 is 0 Å². The van der Waals surface area contributed by atoms with Crippen molar-refractivity contribution in [2.45, 2.75) is 24.8 Å². The summed E-state index contributed by atoms with van der Waals surface area (Å²) in [5.41, 5.74) is 7.01. The van der Waals surface area contributed by atoms with Crippen LogP contribution in [0, 0.1) is 5.92 Å². The number of piperidine rings is 1. The second-order valence-corrected chi connectivity index (χ2v) is 5.55. The number of amides is 1. The number of nitrogens with one attached hydrogen (secondary N) is 2. The van der Waals surface area contributed by atoms with Crippen LogP contribution in [0.1, 0.15) is 24.3 Å². The van der Waals surface area contributed by atoms with Gasteiger partial charge in [-0.2, -0.15) is 0 Å². The molecule has 5 nitrogen and oxygen atoms in total. The van der Waals surface area contributed by atoms with E-state index in [0.29, 0.717) is 5.56 Å². The summed E-state index contributed by atoms with van der Waals surface area (Å²) in [7, 11) is 0. The van der Waals surface area contributed by atoms with Gasteiger partial charge in [0, 0.05) is 12.2 Å². The Morgan fingerprint density at radius 3 is 2.71 bits per heavy atom. The average Bonchev–Trinajstić information content (AvgIpc) is 2.47. The molecule has 1 aromatic rings. The van der Waals surface area contributed by atoms with E-state index in [1.54, 1.807) is 6.07 Å². The molecule has 4 N–H and O–H groups in total. The Labute approximate surface area is 130 Å². The van der Waals surface area contributed by atoms with Crippen molar-refractivity contribution in [1.82, 2.24) is 5.32 Å². The first-order valence-corrected chi connectivity index (χ1v) is 7.07. The number of carbonyl (C=O) groups excluding carboxylic acids is 2. The first kappa shape index (κ1) is 15.8. The molecular weight excluding hydrogens is 290 g/mol. The van der Waals surface area contributed by atoms with Crippen LogP contribution in [0.25, 0.3) is 0 Å². The summed E-state index contributed by atoms with van der Waals surface area (Å²) in [5, 5.41) is 6.62. The Hall–Kier alpha value is -1.59. The van der Waals surface area contributed by atoms with Crippen LogP contribution >= 0.6 is 12.4 Å². The van der Waals surface area contributed by atoms with Crippen molar-refractivity contribution in [2.75, 3.05) is 18.4 Å². The first-order chi connectivity index (χ1) is 9.68. The summed E-state index contributed by atoms with van der Waals surface area (Å²) in [6.45, 7) is 1.80. The maximum absolute atomic E-state index is 12.6. The van der Waals surface area contributed by atoms with Gasteiger partial charge >= 0.3 is 0 Å². The van der Waals surface area contributed by atoms with Gasteiger partial charge in [0.15, 0.2) is 5.78 Å². The lowest BCUT2D eigenvalue weighted by Crippen LogP contribution is -2.50. The van der Waals surface area contributed by atoms with Crippen LogP contribution in [0.2, 0.25) is 0 Å². The highest BCUT2D eigenvalue weighted by Crippen LogP contribution is 2.35. The number of hydrogen-bond acceptors (Lipinski definition) is 4. The molecule has 1 aromatic carbocycles. The van der Waals surface area contributed by atoms with Gasteiger partial charge in [0.25, 0.3) is 0 Å². The maximum Gasteiger partial charge on any atom is 0.232 e. The molecule has 2 heterocycles. The normalized spacial score (nSPS) is 28.0. The van der Waals surface area contributed by atoms with Crippen LogP contribution in [0.4, 0.5) is 5.69 Å². The molecule has 0 aromatic heterocycles. The molecule has 2 aliphatic heterocycles. The summed E-state index contributed by atoms with van der Waals surface area (Å²) in [6.07, 6.45) is 2.04. The Kier molecular flexibility index (Phi) is 4.85. The zero-order chi connectivity index (χ0) is 14.1. The standard InChI is InChI=1S/C15H19N3O2.ClH/c16-15(20)12-10-5-1-2-6-11(10)18-13(14(12)19)9-4-3-7-17-8-9;/h1-2,5-6,9,12-13,17-18H,3-4,7-8H2,(H2,16,20);1H. The Balaban J connectivity index is 0.00000161. The number of para-hydroxylation sites is 1. The molecule has 0 radical (unpaired) electrons. The summed E-state index contributed by atoms with van der Waals surface area (Å²) in [4.78, 5) is 24.4. The number of benzene rings is 1. The smallest absolute Gasteiger partial charge is 0.232 e. The van der Waals surface area contributed by atoms with Gasteiger partial charge in [-0.1, -0.05) is 18.2 Å². The van der Waals surface area contributed by atoms with Gasteiger partial charge in [-0.3, -0.25) is 9.59 Å². The number of rotatable bonds is 2. The van der Waals surface area contributed by atoms with Crippen molar-refractivity contribution >= 4 is 29.8 Å². The van der Waals surface area contributed by atoms with Crippen LogP contribution < -0.4 is 16.4 Å². The van der Waals surface area contributed by atoms with E-state index in [9.17, 15) is 9.59 Å². The highest BCUT2D eigenvalue weighted by molar-refractivity contribution is 6.12. The van der Waals surface area contributed by atoms with Crippen molar-refractivity contribution in [2.24, 2.45) is 11.7 Å². The third-order valence-corrected chi connectivity index (χ3v) is 4.26. The topological polar surface area (TPSA) is 84.2 Å². The molecule has 0 aliphatic carbocycles. The van der Waals surface area contributed by atoms with Crippen LogP contribution in [0.3, 0.4) is 0 Å². The molecule has 6 heteroatoms. The largest absolute Gasteiger partial charge is 0.375 e. The van der Waals surface area contributed by atoms with Crippen LogP contribution in [0.5, 0.6) is 0 Å². The Bertz CT molecular complexity index is 543. The van der Waals surface area contributed by atoms with Crippen molar-refractivity contribution in [1.29, 1.82) is 0 Å². The van der Waals surface area contributed by atoms with Crippen molar-refractivity contribution < 1.29 is 9.59 Å². The van der Waals surface area contributed by atoms with Gasteiger partial charge in [-0.15, -0.1) is 12.4 Å². The van der Waals surface area contributed by atoms with E-state index in [-0.39, 0.29) is 30.2 Å². The number of ketones is 1. The number of halogens is 1. The lowest BCUT2D eigenvalue weighted by Gasteiger charge is -2.37. The van der Waals surface area contributed by atoms with Crippen molar-refractivity contribution in [3.8, 4) is 0 Å². The third kappa shape index (κ3) is 2.89. The second-order valence-electron chi connectivity index (χ2n) is 5.55. The zero-order valence-electron chi connectivity index (χ0n) is 11.7. The molecule has 114 valence electrons. The molecule has 2 aliphatic rings. The number of primary amides is 1. The minimum atomic E-state index is -0.820. The number of hydrogen-bond donors (Lipinski definition) is 3. The number of fused-ring (bicyclic) bond motifs is 1. The third-order valence-electron chi connectivity index (χ3n) is 4.26. The van der Waals surface area contributed by atoms with Crippen LogP contribution in [-0.2, 0) is 9.59 Å². The summed E-state index contributed by atoms with van der Waals surface area (Å²) in [5.74, 6) is -1.26. The zero-order valence-corrected chi connectivity index (χ0v) is 12.5. The predicted octanol–water partition coefficient (Wildman–Crippen LogP) is 1.04. The molecule has 0 bridgehead atoms. The van der Waals surface area contributed by atoms with E-state index < -0.39 is 11.8 Å². The van der Waals surface area contributed by atoms with Gasteiger partial charge in [0.05, 0.1) is 6.04 Å². The number of Topliss-reactive ketones (excluding diaryl/α,β-unsaturated/α-hetero) is 1. The van der Waals surface area contributed by atoms with Gasteiger partial charge in [-0.05, 0) is 36.9 Å². The minimum Gasteiger partial charge on any atom is -0.375 e. The monoisotopic (exact) mass is 309 g/mol. The Morgan fingerprint density at radius 1 is 1.29 bits per heavy atom. The van der Waals surface area contributed by atoms with E-state index in [0.717, 1.165) is 31.6 Å². The fraction of sp³-hybridized carbons (Fsp3) is 0.467. The molecule has 3 atom stereocenters. The van der Waals surface area contributed by atoms with Gasteiger partial charge in [-0.25, -0.2) is 0 Å². The number of carbonyl (C=O) groups is 2. The van der Waals surface area contributed by atoms with Gasteiger partial charge < -0.3 is 16.4 Å². The first-order valence-electron chi connectivity index (χ1n) is 7.07. The predicted molar refractivity (Wildman–Crippen MR) is 83.6 cm³/mol. The molecule has 1 amide bonds. The quantitative estimate of drug-likeness (QED) is 0.713. The second kappa shape index (κ2) is 6.45. The molecule has 0 spiro atoms. The summed E-state index contributed by atoms with van der Waals surface area (Å²) >= 11 is 0. The number of anilines is 1. The average molecular weight is 310 g/mol. The molecule has 21 heavy (non-hydrogen) atoms. The molecule has 0 saturated carbocycles. The molecule has 3 rings (SSSR count). The molecular formula is C15H20ClN3O2. The summed E-state index contributed by atoms with van der Waals surface area (Å²) in [6, 6.07) is 7.10. The van der Waals surface area contributed by atoms with Gasteiger partial charge in [0.2, 0.25) is 5.91 Å². The van der Waals surface area contributed by atoms with Crippen molar-refractivity contribution in [3.63, 3.8) is 0 Å². The molecule has 3 unspecified atom stereocenters. The highest BCUT2D eigenvalue weighted by atomic mass is 35.5. The highest BCUT2D eigenvalue weighted by Gasteiger charge is 2.41. The fourth-order valence-electron chi connectivity index (χ4n) is 3.26. The van der Waals surface area contributed by atoms with Crippen LogP contribution in [-0.4, -0.2) is 30.8 Å². The fourth-order valence-corrected chi connectivity index (χ4v) is 3.26. The van der Waals surface area contributed by atoms with E-state index in [2.05, 4.69) is 10.6 Å². The SMILES string of the molecule is Cl.NC(=O)C1C(=O)C(C2CCCNC2)Nc2ccccc21. The molecule has 1 fully saturated rings. The lowest BCUT2D eigenvalue weighted by molar-refractivity contribution is -0.130. The maximum atomic E-state index is 12.6. The Morgan fingerprint density at radius 2 is 2.05 bits per heavy atom. The van der Waals surface area contributed by atoms with E-state index in [1.807, 2.05) is 18.2 Å². The van der Waals surface area contributed by atoms with E-state index in [1.165, 1.54) is 0 Å². The van der Waals surface area contributed by atoms with Crippen molar-refractivity contribution in [3.05, 3.63) is 29.8 Å². The summed E-state index contributed by atoms with van der Waals surface area (Å²) < 4.78 is 0. The number of nitrogens with two attached hydrogens (primary N) is 1. The van der Waals surface area contributed by atoms with E-state index in [4.69, 9.17) is 5.73 Å². The molecule has 1 saturated heterocycles. The van der Waals surface area contributed by atoms with Gasteiger partial charge in [0.1, 0.15) is 5.92 Å². The lowest BCUT2D eigenvalue weighted by atomic mass is 9.78. The van der Waals surface area contributed by atoms with Crippen LogP contribution in [0.15, 0.2) is 24.3 Å².